The van der Waals surface area contributed by atoms with Crippen LogP contribution < -0.4 is 10.9 Å². The summed E-state index contributed by atoms with van der Waals surface area (Å²) in [6.45, 7) is 8.57. The summed E-state index contributed by atoms with van der Waals surface area (Å²) in [7, 11) is 0. The van der Waals surface area contributed by atoms with Gasteiger partial charge in [-0.25, -0.2) is 4.68 Å². The molecule has 1 N–H and O–H groups in total. The van der Waals surface area contributed by atoms with E-state index in [4.69, 9.17) is 0 Å². The Bertz CT molecular complexity index is 536. The van der Waals surface area contributed by atoms with Gasteiger partial charge in [-0.15, -0.1) is 6.58 Å². The van der Waals surface area contributed by atoms with Crippen LogP contribution in [0.25, 0.3) is 0 Å². The minimum atomic E-state index is -0.124. The van der Waals surface area contributed by atoms with E-state index in [0.29, 0.717) is 17.1 Å². The van der Waals surface area contributed by atoms with Crippen LogP contribution in [-0.2, 0) is 6.54 Å². The number of aromatic nitrogens is 2. The average molecular weight is 326 g/mol. The molecule has 19 heavy (non-hydrogen) atoms. The Morgan fingerprint density at radius 3 is 3.00 bits per heavy atom. The van der Waals surface area contributed by atoms with Crippen molar-refractivity contribution in [3.8, 4) is 0 Å². The zero-order valence-electron chi connectivity index (χ0n) is 11.4. The van der Waals surface area contributed by atoms with Crippen LogP contribution in [0, 0.1) is 5.41 Å². The standard InChI is InChI=1S/C14H20BrN3O/c1-4-8-18-13(19)12(15)10(9-16-18)17-11-6-5-7-14(11,2)3/h4,9,11,17H,1,5-8H2,2-3H3. The lowest BCUT2D eigenvalue weighted by atomic mass is 9.87. The van der Waals surface area contributed by atoms with Crippen molar-refractivity contribution >= 4 is 21.6 Å². The second-order valence-corrected chi connectivity index (χ2v) is 6.52. The lowest BCUT2D eigenvalue weighted by Crippen LogP contribution is -2.32. The molecule has 0 aromatic carbocycles. The Labute approximate surface area is 122 Å². The minimum Gasteiger partial charge on any atom is -0.379 e. The Balaban J connectivity index is 2.25. The van der Waals surface area contributed by atoms with E-state index in [1.54, 1.807) is 12.3 Å². The normalized spacial score (nSPS) is 21.3. The van der Waals surface area contributed by atoms with Crippen LogP contribution in [0.5, 0.6) is 0 Å². The maximum absolute atomic E-state index is 12.1. The van der Waals surface area contributed by atoms with Gasteiger partial charge in [0, 0.05) is 6.04 Å². The molecule has 1 heterocycles. The highest BCUT2D eigenvalue weighted by atomic mass is 79.9. The van der Waals surface area contributed by atoms with Gasteiger partial charge in [0.1, 0.15) is 4.47 Å². The van der Waals surface area contributed by atoms with E-state index in [1.807, 2.05) is 0 Å². The molecule has 0 saturated heterocycles. The monoisotopic (exact) mass is 325 g/mol. The van der Waals surface area contributed by atoms with Gasteiger partial charge in [0.2, 0.25) is 0 Å². The zero-order chi connectivity index (χ0) is 14.0. The van der Waals surface area contributed by atoms with E-state index >= 15 is 0 Å². The molecular weight excluding hydrogens is 306 g/mol. The highest BCUT2D eigenvalue weighted by Crippen LogP contribution is 2.39. The highest BCUT2D eigenvalue weighted by Gasteiger charge is 2.34. The molecule has 1 aliphatic carbocycles. The molecule has 0 radical (unpaired) electrons. The third-order valence-corrected chi connectivity index (χ3v) is 4.64. The Hall–Kier alpha value is -1.10. The molecule has 0 aliphatic heterocycles. The first-order valence-corrected chi connectivity index (χ1v) is 7.38. The van der Waals surface area contributed by atoms with E-state index in [1.165, 1.54) is 17.5 Å². The third-order valence-electron chi connectivity index (χ3n) is 3.87. The number of nitrogens with zero attached hydrogens (tertiary/aromatic N) is 2. The molecule has 0 spiro atoms. The summed E-state index contributed by atoms with van der Waals surface area (Å²) in [5.41, 5.74) is 0.918. The summed E-state index contributed by atoms with van der Waals surface area (Å²) in [6, 6.07) is 0.389. The summed E-state index contributed by atoms with van der Waals surface area (Å²) in [5.74, 6) is 0. The van der Waals surface area contributed by atoms with Crippen LogP contribution >= 0.6 is 15.9 Å². The molecule has 4 nitrogen and oxygen atoms in total. The van der Waals surface area contributed by atoms with Crippen molar-refractivity contribution in [2.24, 2.45) is 5.41 Å². The molecule has 1 aliphatic rings. The predicted octanol–water partition coefficient (Wildman–Crippen LogP) is 3.18. The Kier molecular flexibility index (Phi) is 4.13. The highest BCUT2D eigenvalue weighted by molar-refractivity contribution is 9.10. The van der Waals surface area contributed by atoms with Gasteiger partial charge < -0.3 is 5.32 Å². The molecule has 2 rings (SSSR count). The minimum absolute atomic E-state index is 0.124. The lowest BCUT2D eigenvalue weighted by Gasteiger charge is -2.28. The summed E-state index contributed by atoms with van der Waals surface area (Å²) in [6.07, 6.45) is 6.94. The second kappa shape index (κ2) is 5.49. The van der Waals surface area contributed by atoms with Crippen LogP contribution in [-0.4, -0.2) is 15.8 Å². The van der Waals surface area contributed by atoms with E-state index in [0.717, 1.165) is 12.1 Å². The number of hydrogen-bond donors (Lipinski definition) is 1. The van der Waals surface area contributed by atoms with Crippen LogP contribution in [0.4, 0.5) is 5.69 Å². The van der Waals surface area contributed by atoms with E-state index < -0.39 is 0 Å². The number of anilines is 1. The molecule has 1 atom stereocenters. The molecule has 1 saturated carbocycles. The fraction of sp³-hybridized carbons (Fsp3) is 0.571. The fourth-order valence-corrected chi connectivity index (χ4v) is 3.02. The second-order valence-electron chi connectivity index (χ2n) is 5.73. The molecule has 5 heteroatoms. The number of nitrogens with one attached hydrogen (secondary N) is 1. The van der Waals surface area contributed by atoms with Gasteiger partial charge in [-0.2, -0.15) is 5.10 Å². The summed E-state index contributed by atoms with van der Waals surface area (Å²) < 4.78 is 1.94. The van der Waals surface area contributed by atoms with Gasteiger partial charge in [0.05, 0.1) is 18.4 Å². The van der Waals surface area contributed by atoms with Crippen molar-refractivity contribution in [3.63, 3.8) is 0 Å². The van der Waals surface area contributed by atoms with Crippen LogP contribution in [0.15, 0.2) is 28.1 Å². The molecule has 0 bridgehead atoms. The van der Waals surface area contributed by atoms with Gasteiger partial charge >= 0.3 is 0 Å². The summed E-state index contributed by atoms with van der Waals surface area (Å²) in [4.78, 5) is 12.1. The van der Waals surface area contributed by atoms with Crippen molar-refractivity contribution in [1.82, 2.24) is 9.78 Å². The molecule has 1 aromatic rings. The van der Waals surface area contributed by atoms with Gasteiger partial charge in [0.15, 0.2) is 0 Å². The van der Waals surface area contributed by atoms with Gasteiger partial charge in [-0.3, -0.25) is 4.79 Å². The van der Waals surface area contributed by atoms with Crippen molar-refractivity contribution in [2.75, 3.05) is 5.32 Å². The third kappa shape index (κ3) is 2.91. The fourth-order valence-electron chi connectivity index (χ4n) is 2.60. The quantitative estimate of drug-likeness (QED) is 0.865. The number of hydrogen-bond acceptors (Lipinski definition) is 3. The van der Waals surface area contributed by atoms with Gasteiger partial charge in [0.25, 0.3) is 5.56 Å². The number of halogens is 1. The van der Waals surface area contributed by atoms with E-state index in [-0.39, 0.29) is 11.0 Å². The summed E-state index contributed by atoms with van der Waals surface area (Å²) >= 11 is 3.38. The SMILES string of the molecule is C=CCn1ncc(NC2CCCC2(C)C)c(Br)c1=O. The summed E-state index contributed by atoms with van der Waals surface area (Å²) in [5, 5.41) is 7.62. The van der Waals surface area contributed by atoms with Crippen molar-refractivity contribution in [2.45, 2.75) is 45.7 Å². The maximum atomic E-state index is 12.1. The largest absolute Gasteiger partial charge is 0.379 e. The van der Waals surface area contributed by atoms with Crippen LogP contribution in [0.3, 0.4) is 0 Å². The van der Waals surface area contributed by atoms with E-state index in [9.17, 15) is 4.79 Å². The smallest absolute Gasteiger partial charge is 0.283 e. The number of allylic oxidation sites excluding steroid dienone is 1. The molecule has 0 amide bonds. The van der Waals surface area contributed by atoms with Crippen LogP contribution in [0.1, 0.15) is 33.1 Å². The Morgan fingerprint density at radius 1 is 1.68 bits per heavy atom. The van der Waals surface area contributed by atoms with Crippen molar-refractivity contribution < 1.29 is 0 Å². The molecular formula is C14H20BrN3O. The maximum Gasteiger partial charge on any atom is 0.283 e. The van der Waals surface area contributed by atoms with Crippen LogP contribution in [0.2, 0.25) is 0 Å². The molecule has 104 valence electrons. The average Bonchev–Trinajstić information content (AvgIpc) is 2.68. The topological polar surface area (TPSA) is 46.9 Å². The van der Waals surface area contributed by atoms with Gasteiger partial charge in [-0.05, 0) is 34.2 Å². The first-order valence-electron chi connectivity index (χ1n) is 6.59. The van der Waals surface area contributed by atoms with E-state index in [2.05, 4.69) is 46.8 Å². The number of rotatable bonds is 4. The molecule has 1 unspecified atom stereocenters. The van der Waals surface area contributed by atoms with Crippen molar-refractivity contribution in [3.05, 3.63) is 33.7 Å². The first kappa shape index (κ1) is 14.3. The zero-order valence-corrected chi connectivity index (χ0v) is 13.0. The molecule has 1 aromatic heterocycles. The Morgan fingerprint density at radius 2 is 2.42 bits per heavy atom. The lowest BCUT2D eigenvalue weighted by molar-refractivity contribution is 0.349. The first-order chi connectivity index (χ1) is 8.95. The molecule has 1 fully saturated rings. The van der Waals surface area contributed by atoms with Gasteiger partial charge in [-0.1, -0.05) is 26.3 Å². The van der Waals surface area contributed by atoms with Crippen molar-refractivity contribution in [1.29, 1.82) is 0 Å². The predicted molar refractivity (Wildman–Crippen MR) is 81.4 cm³/mol.